The van der Waals surface area contributed by atoms with Gasteiger partial charge in [0.2, 0.25) is 0 Å². The number of pyridine rings is 1. The minimum atomic E-state index is -0.634. The number of halogens is 1. The Morgan fingerprint density at radius 1 is 1.24 bits per heavy atom. The molecule has 0 aliphatic rings. The molecule has 0 saturated carbocycles. The zero-order valence-corrected chi connectivity index (χ0v) is 15.7. The molecule has 2 heterocycles. The van der Waals surface area contributed by atoms with Crippen LogP contribution in [0.25, 0.3) is 22.3 Å². The highest BCUT2D eigenvalue weighted by molar-refractivity contribution is 9.10. The Hall–Kier alpha value is -2.65. The Bertz CT molecular complexity index is 992. The molecule has 0 aliphatic heterocycles. The summed E-state index contributed by atoms with van der Waals surface area (Å²) in [6.07, 6.45) is 1.17. The summed E-state index contributed by atoms with van der Waals surface area (Å²) in [4.78, 5) is 17.2. The van der Waals surface area contributed by atoms with E-state index in [1.807, 2.05) is 45.0 Å². The lowest BCUT2D eigenvalue weighted by atomic mass is 10.2. The first-order valence-electron chi connectivity index (χ1n) is 7.69. The van der Waals surface area contributed by atoms with Crippen LogP contribution in [0.5, 0.6) is 0 Å². The van der Waals surface area contributed by atoms with Gasteiger partial charge in [-0.2, -0.15) is 5.26 Å². The fourth-order valence-corrected chi connectivity index (χ4v) is 2.73. The molecule has 0 saturated heterocycles. The third kappa shape index (κ3) is 3.57. The second kappa shape index (κ2) is 6.34. The Morgan fingerprint density at radius 2 is 2.00 bits per heavy atom. The number of rotatable bonds is 1. The molecule has 2 aromatic heterocycles. The largest absolute Gasteiger partial charge is 0.443 e. The Balaban J connectivity index is 2.25. The standard InChI is InChI=1S/C19H16BrN3O2/c1-19(2,3)25-18(24)23-16-8-12(10-21)4-5-13(16)9-17(23)15-7-6-14(20)11-22-15/h4-9,11H,1-3H3. The molecule has 0 N–H and O–H groups in total. The summed E-state index contributed by atoms with van der Waals surface area (Å²) < 4.78 is 7.87. The van der Waals surface area contributed by atoms with Gasteiger partial charge in [-0.05, 0) is 67.0 Å². The molecule has 0 atom stereocenters. The summed E-state index contributed by atoms with van der Waals surface area (Å²) in [7, 11) is 0. The van der Waals surface area contributed by atoms with E-state index in [2.05, 4.69) is 27.0 Å². The number of carbonyl (C=O) groups is 1. The number of hydrogen-bond donors (Lipinski definition) is 0. The van der Waals surface area contributed by atoms with E-state index in [-0.39, 0.29) is 0 Å². The molecule has 0 fully saturated rings. The van der Waals surface area contributed by atoms with E-state index in [9.17, 15) is 10.1 Å². The van der Waals surface area contributed by atoms with Gasteiger partial charge in [-0.1, -0.05) is 6.07 Å². The Labute approximate surface area is 154 Å². The molecule has 5 nitrogen and oxygen atoms in total. The van der Waals surface area contributed by atoms with Crippen LogP contribution in [0.2, 0.25) is 0 Å². The van der Waals surface area contributed by atoms with E-state index in [1.165, 1.54) is 4.57 Å². The van der Waals surface area contributed by atoms with E-state index in [1.54, 1.807) is 18.3 Å². The average molecular weight is 398 g/mol. The summed E-state index contributed by atoms with van der Waals surface area (Å²) in [5, 5.41) is 10.0. The van der Waals surface area contributed by atoms with Crippen molar-refractivity contribution in [3.63, 3.8) is 0 Å². The molecule has 0 unspecified atom stereocenters. The van der Waals surface area contributed by atoms with Crippen LogP contribution >= 0.6 is 15.9 Å². The molecule has 3 aromatic rings. The number of nitriles is 1. The van der Waals surface area contributed by atoms with Crippen molar-refractivity contribution in [2.75, 3.05) is 0 Å². The maximum atomic E-state index is 12.8. The van der Waals surface area contributed by atoms with E-state index in [0.717, 1.165) is 9.86 Å². The lowest BCUT2D eigenvalue weighted by Gasteiger charge is -2.21. The predicted molar refractivity (Wildman–Crippen MR) is 99.2 cm³/mol. The molecule has 0 aliphatic carbocycles. The summed E-state index contributed by atoms with van der Waals surface area (Å²) in [5.74, 6) is 0. The summed E-state index contributed by atoms with van der Waals surface area (Å²) in [5.41, 5.74) is 1.72. The summed E-state index contributed by atoms with van der Waals surface area (Å²) in [6.45, 7) is 5.44. The van der Waals surface area contributed by atoms with Crippen molar-refractivity contribution in [2.24, 2.45) is 0 Å². The van der Waals surface area contributed by atoms with Crippen molar-refractivity contribution >= 4 is 32.9 Å². The Kier molecular flexibility index (Phi) is 4.36. The van der Waals surface area contributed by atoms with Gasteiger partial charge in [0.15, 0.2) is 0 Å². The minimum absolute atomic E-state index is 0.478. The van der Waals surface area contributed by atoms with Gasteiger partial charge in [-0.25, -0.2) is 9.36 Å². The van der Waals surface area contributed by atoms with E-state index in [0.29, 0.717) is 22.5 Å². The fourth-order valence-electron chi connectivity index (χ4n) is 2.49. The third-order valence-electron chi connectivity index (χ3n) is 3.50. The zero-order valence-electron chi connectivity index (χ0n) is 14.1. The molecule has 6 heteroatoms. The molecule has 3 rings (SSSR count). The van der Waals surface area contributed by atoms with Crippen molar-refractivity contribution in [2.45, 2.75) is 26.4 Å². The van der Waals surface area contributed by atoms with Crippen LogP contribution in [-0.2, 0) is 4.74 Å². The highest BCUT2D eigenvalue weighted by Gasteiger charge is 2.23. The van der Waals surface area contributed by atoms with Crippen molar-refractivity contribution < 1.29 is 9.53 Å². The van der Waals surface area contributed by atoms with Gasteiger partial charge in [0.1, 0.15) is 5.60 Å². The van der Waals surface area contributed by atoms with Crippen molar-refractivity contribution in [3.05, 3.63) is 52.6 Å². The molecule has 0 amide bonds. The van der Waals surface area contributed by atoms with Crippen LogP contribution in [0.1, 0.15) is 26.3 Å². The maximum absolute atomic E-state index is 12.8. The predicted octanol–water partition coefficient (Wildman–Crippen LogP) is 5.12. The van der Waals surface area contributed by atoms with Crippen molar-refractivity contribution in [3.8, 4) is 17.5 Å². The van der Waals surface area contributed by atoms with Gasteiger partial charge in [-0.15, -0.1) is 0 Å². The number of carbonyl (C=O) groups excluding carboxylic acids is 1. The fraction of sp³-hybridized carbons (Fsp3) is 0.211. The molecule has 25 heavy (non-hydrogen) atoms. The summed E-state index contributed by atoms with van der Waals surface area (Å²) >= 11 is 3.36. The first-order chi connectivity index (χ1) is 11.8. The lowest BCUT2D eigenvalue weighted by molar-refractivity contribution is 0.0547. The first kappa shape index (κ1) is 17.2. The molecular weight excluding hydrogens is 382 g/mol. The number of hydrogen-bond acceptors (Lipinski definition) is 4. The van der Waals surface area contributed by atoms with Crippen LogP contribution in [0.4, 0.5) is 4.79 Å². The monoisotopic (exact) mass is 397 g/mol. The van der Waals surface area contributed by atoms with Crippen LogP contribution in [0.15, 0.2) is 47.1 Å². The number of benzene rings is 1. The number of aromatic nitrogens is 2. The van der Waals surface area contributed by atoms with Gasteiger partial charge in [0, 0.05) is 16.1 Å². The average Bonchev–Trinajstić information content (AvgIpc) is 2.92. The van der Waals surface area contributed by atoms with E-state index < -0.39 is 11.7 Å². The first-order valence-corrected chi connectivity index (χ1v) is 8.49. The molecule has 1 aromatic carbocycles. The maximum Gasteiger partial charge on any atom is 0.419 e. The van der Waals surface area contributed by atoms with Crippen LogP contribution < -0.4 is 0 Å². The molecule has 0 radical (unpaired) electrons. The minimum Gasteiger partial charge on any atom is -0.443 e. The molecule has 0 bridgehead atoms. The zero-order chi connectivity index (χ0) is 18.2. The third-order valence-corrected chi connectivity index (χ3v) is 3.97. The second-order valence-electron chi connectivity index (χ2n) is 6.59. The van der Waals surface area contributed by atoms with Gasteiger partial charge in [0.05, 0.1) is 28.5 Å². The summed E-state index contributed by atoms with van der Waals surface area (Å²) in [6, 6.07) is 12.9. The van der Waals surface area contributed by atoms with Gasteiger partial charge < -0.3 is 4.74 Å². The number of nitrogens with zero attached hydrogens (tertiary/aromatic N) is 3. The highest BCUT2D eigenvalue weighted by Crippen LogP contribution is 2.29. The smallest absolute Gasteiger partial charge is 0.419 e. The van der Waals surface area contributed by atoms with Gasteiger partial charge >= 0.3 is 6.09 Å². The van der Waals surface area contributed by atoms with E-state index in [4.69, 9.17) is 4.74 Å². The molecule has 126 valence electrons. The normalized spacial score (nSPS) is 11.3. The van der Waals surface area contributed by atoms with E-state index >= 15 is 0 Å². The number of ether oxygens (including phenoxy) is 1. The number of fused-ring (bicyclic) bond motifs is 1. The van der Waals surface area contributed by atoms with Gasteiger partial charge in [0.25, 0.3) is 0 Å². The van der Waals surface area contributed by atoms with Crippen molar-refractivity contribution in [1.82, 2.24) is 9.55 Å². The van der Waals surface area contributed by atoms with Crippen LogP contribution in [0, 0.1) is 11.3 Å². The Morgan fingerprint density at radius 3 is 2.60 bits per heavy atom. The molecule has 0 spiro atoms. The van der Waals surface area contributed by atoms with Gasteiger partial charge in [-0.3, -0.25) is 4.98 Å². The highest BCUT2D eigenvalue weighted by atomic mass is 79.9. The van der Waals surface area contributed by atoms with Crippen molar-refractivity contribution in [1.29, 1.82) is 5.26 Å². The van der Waals surface area contributed by atoms with Crippen LogP contribution in [-0.4, -0.2) is 21.2 Å². The van der Waals surface area contributed by atoms with Crippen LogP contribution in [0.3, 0.4) is 0 Å². The molecular formula is C19H16BrN3O2. The topological polar surface area (TPSA) is 67.9 Å². The lowest BCUT2D eigenvalue weighted by Crippen LogP contribution is -2.27. The quantitative estimate of drug-likeness (QED) is 0.571. The SMILES string of the molecule is CC(C)(C)OC(=O)n1c(-c2ccc(Br)cn2)cc2ccc(C#N)cc21. The second-order valence-corrected chi connectivity index (χ2v) is 7.51.